The van der Waals surface area contributed by atoms with Gasteiger partial charge in [-0.05, 0) is 44.9 Å². The molecule has 4 aromatic rings. The Bertz CT molecular complexity index is 1660. The summed E-state index contributed by atoms with van der Waals surface area (Å²) < 4.78 is 30.9. The van der Waals surface area contributed by atoms with Crippen LogP contribution in [0.1, 0.15) is 52.7 Å². The Morgan fingerprint density at radius 1 is 1.12 bits per heavy atom. The van der Waals surface area contributed by atoms with E-state index in [4.69, 9.17) is 16.1 Å². The molecule has 0 aliphatic rings. The van der Waals surface area contributed by atoms with E-state index < -0.39 is 21.5 Å². The van der Waals surface area contributed by atoms with Gasteiger partial charge in [-0.25, -0.2) is 12.7 Å². The zero-order valence-electron chi connectivity index (χ0n) is 22.7. The molecule has 2 heterocycles. The fourth-order valence-corrected chi connectivity index (χ4v) is 4.40. The SMILES string of the molecule is CN(c1nc(-c2ccc(CCNC(=O)c3c(C(=O)c4cccc(Cl)c4)cnn3C(C)(C)C)cc2)no1)S(C)(=O)=O. The summed E-state index contributed by atoms with van der Waals surface area (Å²) in [4.78, 5) is 30.7. The van der Waals surface area contributed by atoms with E-state index in [2.05, 4.69) is 20.6 Å². The Balaban J connectivity index is 1.46. The standard InChI is InChI=1S/C27H29ClN6O5S/c1-27(2,3)34-22(21(16-30-34)23(35)19-7-6-8-20(28)15-19)25(36)29-14-13-17-9-11-18(12-10-17)24-31-26(39-32-24)33(4)40(5,37)38/h6-12,15-16H,13-14H2,1-5H3,(H,29,36). The van der Waals surface area contributed by atoms with Gasteiger partial charge in [-0.15, -0.1) is 0 Å². The molecule has 0 atom stereocenters. The molecule has 0 radical (unpaired) electrons. The Hall–Kier alpha value is -4.03. The molecule has 0 unspecified atom stereocenters. The minimum Gasteiger partial charge on any atom is -0.350 e. The molecule has 0 fully saturated rings. The second-order valence-corrected chi connectivity index (χ2v) is 12.6. The van der Waals surface area contributed by atoms with Crippen LogP contribution >= 0.6 is 11.6 Å². The number of carbonyl (C=O) groups excluding carboxylic acids is 2. The lowest BCUT2D eigenvalue weighted by Gasteiger charge is -2.22. The van der Waals surface area contributed by atoms with E-state index in [1.54, 1.807) is 41.1 Å². The van der Waals surface area contributed by atoms with Crippen molar-refractivity contribution in [3.8, 4) is 11.4 Å². The van der Waals surface area contributed by atoms with Gasteiger partial charge in [-0.3, -0.25) is 14.3 Å². The fourth-order valence-electron chi connectivity index (χ4n) is 3.85. The quantitative estimate of drug-likeness (QED) is 0.292. The molecule has 2 aromatic heterocycles. The number of halogens is 1. The van der Waals surface area contributed by atoms with E-state index >= 15 is 0 Å². The number of nitrogens with one attached hydrogen (secondary N) is 1. The number of amides is 1. The maximum atomic E-state index is 13.3. The molecule has 2 aromatic carbocycles. The first-order chi connectivity index (χ1) is 18.8. The van der Waals surface area contributed by atoms with Gasteiger partial charge in [0.1, 0.15) is 5.69 Å². The third kappa shape index (κ3) is 6.40. The second-order valence-electron chi connectivity index (χ2n) is 10.2. The van der Waals surface area contributed by atoms with Crippen molar-refractivity contribution in [2.24, 2.45) is 0 Å². The Kier molecular flexibility index (Phi) is 8.13. The van der Waals surface area contributed by atoms with E-state index in [1.807, 2.05) is 32.9 Å². The molecule has 0 saturated heterocycles. The summed E-state index contributed by atoms with van der Waals surface area (Å²) in [6.07, 6.45) is 2.97. The van der Waals surface area contributed by atoms with Gasteiger partial charge < -0.3 is 9.84 Å². The Morgan fingerprint density at radius 2 is 1.82 bits per heavy atom. The van der Waals surface area contributed by atoms with Gasteiger partial charge in [0.2, 0.25) is 15.8 Å². The summed E-state index contributed by atoms with van der Waals surface area (Å²) in [5, 5.41) is 11.5. The van der Waals surface area contributed by atoms with Gasteiger partial charge in [-0.1, -0.05) is 53.2 Å². The average molecular weight is 585 g/mol. The third-order valence-electron chi connectivity index (χ3n) is 6.04. The zero-order chi connectivity index (χ0) is 29.2. The highest BCUT2D eigenvalue weighted by atomic mass is 35.5. The molecule has 1 N–H and O–H groups in total. The molecule has 40 heavy (non-hydrogen) atoms. The van der Waals surface area contributed by atoms with E-state index in [0.717, 1.165) is 16.1 Å². The van der Waals surface area contributed by atoms with Crippen molar-refractivity contribution < 1.29 is 22.5 Å². The smallest absolute Gasteiger partial charge is 0.337 e. The first-order valence-corrected chi connectivity index (χ1v) is 14.5. The van der Waals surface area contributed by atoms with Gasteiger partial charge >= 0.3 is 6.01 Å². The highest BCUT2D eigenvalue weighted by Crippen LogP contribution is 2.24. The molecule has 0 saturated carbocycles. The number of nitrogens with zero attached hydrogens (tertiary/aromatic N) is 5. The number of hydrogen-bond acceptors (Lipinski definition) is 8. The fraction of sp³-hybridized carbons (Fsp3) is 0.296. The van der Waals surface area contributed by atoms with Crippen LogP contribution in [0.2, 0.25) is 5.02 Å². The van der Waals surface area contributed by atoms with Gasteiger partial charge in [0.25, 0.3) is 5.91 Å². The molecule has 0 aliphatic heterocycles. The van der Waals surface area contributed by atoms with Crippen LogP contribution in [-0.2, 0) is 22.0 Å². The van der Waals surface area contributed by atoms with Crippen molar-refractivity contribution in [3.63, 3.8) is 0 Å². The number of benzene rings is 2. The molecule has 210 valence electrons. The number of aromatic nitrogens is 4. The van der Waals surface area contributed by atoms with Crippen molar-refractivity contribution in [3.05, 3.63) is 82.1 Å². The monoisotopic (exact) mass is 584 g/mol. The van der Waals surface area contributed by atoms with Crippen molar-refractivity contribution in [1.82, 2.24) is 25.2 Å². The van der Waals surface area contributed by atoms with Crippen LogP contribution in [0.15, 0.2) is 59.3 Å². The lowest BCUT2D eigenvalue weighted by molar-refractivity contribution is 0.0925. The lowest BCUT2D eigenvalue weighted by atomic mass is 10.0. The average Bonchev–Trinajstić information content (AvgIpc) is 3.56. The molecule has 4 rings (SSSR count). The summed E-state index contributed by atoms with van der Waals surface area (Å²) in [6.45, 7) is 6.01. The summed E-state index contributed by atoms with van der Waals surface area (Å²) in [5.74, 6) is -0.507. The van der Waals surface area contributed by atoms with E-state index in [-0.39, 0.29) is 28.9 Å². The highest BCUT2D eigenvalue weighted by molar-refractivity contribution is 7.92. The van der Waals surface area contributed by atoms with Gasteiger partial charge in [0.15, 0.2) is 5.78 Å². The van der Waals surface area contributed by atoms with Crippen molar-refractivity contribution in [2.45, 2.75) is 32.7 Å². The number of rotatable bonds is 9. The summed E-state index contributed by atoms with van der Waals surface area (Å²) >= 11 is 6.07. The van der Waals surface area contributed by atoms with Gasteiger partial charge in [0.05, 0.1) is 23.6 Å². The number of anilines is 1. The summed E-state index contributed by atoms with van der Waals surface area (Å²) in [5.41, 5.74) is 1.77. The second kappa shape index (κ2) is 11.2. The molecular formula is C27H29ClN6O5S. The lowest BCUT2D eigenvalue weighted by Crippen LogP contribution is -2.34. The molecule has 1 amide bonds. The van der Waals surface area contributed by atoms with Crippen LogP contribution in [-0.4, -0.2) is 59.9 Å². The largest absolute Gasteiger partial charge is 0.350 e. The summed E-state index contributed by atoms with van der Waals surface area (Å²) in [6, 6.07) is 13.7. The predicted octanol–water partition coefficient (Wildman–Crippen LogP) is 3.94. The molecule has 0 spiro atoms. The van der Waals surface area contributed by atoms with Crippen LogP contribution in [0.25, 0.3) is 11.4 Å². The molecule has 13 heteroatoms. The number of hydrogen-bond donors (Lipinski definition) is 1. The van der Waals surface area contributed by atoms with Crippen LogP contribution in [0, 0.1) is 0 Å². The third-order valence-corrected chi connectivity index (χ3v) is 7.43. The predicted molar refractivity (Wildman–Crippen MR) is 151 cm³/mol. The van der Waals surface area contributed by atoms with Crippen LogP contribution in [0.4, 0.5) is 6.01 Å². The molecule has 11 nitrogen and oxygen atoms in total. The Morgan fingerprint density at radius 3 is 2.45 bits per heavy atom. The number of sulfonamides is 1. The van der Waals surface area contributed by atoms with E-state index in [9.17, 15) is 18.0 Å². The van der Waals surface area contributed by atoms with Gasteiger partial charge in [0, 0.05) is 29.7 Å². The maximum Gasteiger partial charge on any atom is 0.337 e. The molecule has 0 bridgehead atoms. The first kappa shape index (κ1) is 29.0. The zero-order valence-corrected chi connectivity index (χ0v) is 24.2. The molecular weight excluding hydrogens is 556 g/mol. The summed E-state index contributed by atoms with van der Waals surface area (Å²) in [7, 11) is -2.20. The van der Waals surface area contributed by atoms with E-state index in [1.165, 1.54) is 13.2 Å². The Labute approximate surface area is 237 Å². The highest BCUT2D eigenvalue weighted by Gasteiger charge is 2.29. The minimum absolute atomic E-state index is 0.132. The normalized spacial score (nSPS) is 11.8. The minimum atomic E-state index is -3.53. The maximum absolute atomic E-state index is 13.3. The van der Waals surface area contributed by atoms with Crippen LogP contribution in [0.5, 0.6) is 0 Å². The van der Waals surface area contributed by atoms with Crippen LogP contribution in [0.3, 0.4) is 0 Å². The molecule has 0 aliphatic carbocycles. The van der Waals surface area contributed by atoms with Crippen LogP contribution < -0.4 is 9.62 Å². The van der Waals surface area contributed by atoms with Crippen molar-refractivity contribution >= 4 is 39.3 Å². The number of carbonyl (C=O) groups is 2. The number of ketones is 1. The topological polar surface area (TPSA) is 140 Å². The van der Waals surface area contributed by atoms with E-state index in [0.29, 0.717) is 29.1 Å². The van der Waals surface area contributed by atoms with Gasteiger partial charge in [-0.2, -0.15) is 10.1 Å². The first-order valence-electron chi connectivity index (χ1n) is 12.3. The van der Waals surface area contributed by atoms with Crippen molar-refractivity contribution in [2.75, 3.05) is 24.2 Å². The van der Waals surface area contributed by atoms with Crippen molar-refractivity contribution in [1.29, 1.82) is 0 Å².